The van der Waals surface area contributed by atoms with Crippen LogP contribution in [-0.4, -0.2) is 36.5 Å². The van der Waals surface area contributed by atoms with Gasteiger partial charge in [-0.2, -0.15) is 0 Å². The van der Waals surface area contributed by atoms with Gasteiger partial charge >= 0.3 is 0 Å². The molecule has 0 aromatic carbocycles. The molecule has 1 saturated heterocycles. The van der Waals surface area contributed by atoms with E-state index in [0.29, 0.717) is 18.1 Å². The van der Waals surface area contributed by atoms with Crippen molar-refractivity contribution in [1.29, 1.82) is 0 Å². The molecule has 0 amide bonds. The second-order valence-electron chi connectivity index (χ2n) is 5.08. The molecule has 0 bridgehead atoms. The fraction of sp³-hybridized carbons (Fsp3) is 1.00. The van der Waals surface area contributed by atoms with Gasteiger partial charge in [0.2, 0.25) is 0 Å². The second-order valence-corrected chi connectivity index (χ2v) is 5.08. The molecule has 1 aliphatic heterocycles. The van der Waals surface area contributed by atoms with Crippen molar-refractivity contribution in [2.75, 3.05) is 13.2 Å². The van der Waals surface area contributed by atoms with Gasteiger partial charge in [-0.3, -0.25) is 0 Å². The summed E-state index contributed by atoms with van der Waals surface area (Å²) in [6.07, 6.45) is 3.53. The first-order valence-corrected chi connectivity index (χ1v) is 6.10. The fourth-order valence-electron chi connectivity index (χ4n) is 2.25. The third-order valence-corrected chi connectivity index (χ3v) is 2.93. The molecule has 1 heterocycles. The summed E-state index contributed by atoms with van der Waals surface area (Å²) in [5.74, 6) is 0.631. The first-order chi connectivity index (χ1) is 7.11. The van der Waals surface area contributed by atoms with Crippen molar-refractivity contribution in [3.05, 3.63) is 0 Å². The summed E-state index contributed by atoms with van der Waals surface area (Å²) >= 11 is 0. The van der Waals surface area contributed by atoms with Gasteiger partial charge in [0.05, 0.1) is 12.7 Å². The number of hydrogen-bond acceptors (Lipinski definition) is 3. The van der Waals surface area contributed by atoms with Crippen molar-refractivity contribution in [2.45, 2.75) is 58.2 Å². The summed E-state index contributed by atoms with van der Waals surface area (Å²) in [6, 6.07) is 0.768. The quantitative estimate of drug-likeness (QED) is 0.731. The lowest BCUT2D eigenvalue weighted by Crippen LogP contribution is -2.45. The Labute approximate surface area is 93.2 Å². The molecule has 1 fully saturated rings. The van der Waals surface area contributed by atoms with Crippen LogP contribution in [-0.2, 0) is 4.74 Å². The zero-order valence-corrected chi connectivity index (χ0v) is 10.2. The van der Waals surface area contributed by atoms with E-state index in [1.165, 1.54) is 0 Å². The van der Waals surface area contributed by atoms with Gasteiger partial charge in [-0.25, -0.2) is 0 Å². The molecule has 3 nitrogen and oxygen atoms in total. The minimum absolute atomic E-state index is 0.240. The summed E-state index contributed by atoms with van der Waals surface area (Å²) in [7, 11) is 0. The van der Waals surface area contributed by atoms with Gasteiger partial charge in [0.1, 0.15) is 0 Å². The highest BCUT2D eigenvalue weighted by Crippen LogP contribution is 2.15. The minimum Gasteiger partial charge on any atom is -0.395 e. The van der Waals surface area contributed by atoms with Gasteiger partial charge in [-0.1, -0.05) is 13.8 Å². The number of aliphatic hydroxyl groups excluding tert-OH is 1. The van der Waals surface area contributed by atoms with Gasteiger partial charge in [-0.05, 0) is 32.1 Å². The molecule has 0 radical (unpaired) electrons. The molecular weight excluding hydrogens is 190 g/mol. The van der Waals surface area contributed by atoms with Crippen molar-refractivity contribution in [3.8, 4) is 0 Å². The molecule has 0 aromatic rings. The molecule has 3 atom stereocenters. The van der Waals surface area contributed by atoms with Gasteiger partial charge < -0.3 is 15.2 Å². The highest BCUT2D eigenvalue weighted by molar-refractivity contribution is 4.79. The highest BCUT2D eigenvalue weighted by Gasteiger charge is 2.21. The van der Waals surface area contributed by atoms with Gasteiger partial charge in [0.15, 0.2) is 0 Å². The van der Waals surface area contributed by atoms with Crippen LogP contribution < -0.4 is 5.32 Å². The Hall–Kier alpha value is -0.120. The number of hydrogen-bond donors (Lipinski definition) is 2. The van der Waals surface area contributed by atoms with Crippen LogP contribution in [0.3, 0.4) is 0 Å². The Morgan fingerprint density at radius 1 is 1.47 bits per heavy atom. The Bertz CT molecular complexity index is 171. The molecular formula is C12H25NO2. The van der Waals surface area contributed by atoms with Crippen molar-refractivity contribution in [1.82, 2.24) is 5.32 Å². The zero-order valence-electron chi connectivity index (χ0n) is 10.2. The van der Waals surface area contributed by atoms with Crippen LogP contribution in [0, 0.1) is 5.92 Å². The van der Waals surface area contributed by atoms with Crippen LogP contribution in [0.4, 0.5) is 0 Å². The van der Waals surface area contributed by atoms with Crippen LogP contribution in [0.2, 0.25) is 0 Å². The van der Waals surface area contributed by atoms with E-state index < -0.39 is 0 Å². The molecule has 3 unspecified atom stereocenters. The lowest BCUT2D eigenvalue weighted by Gasteiger charge is -2.31. The van der Waals surface area contributed by atoms with Gasteiger partial charge in [0.25, 0.3) is 0 Å². The monoisotopic (exact) mass is 215 g/mol. The highest BCUT2D eigenvalue weighted by atomic mass is 16.5. The first kappa shape index (κ1) is 12.9. The standard InChI is InChI=1S/C12H25NO2/c1-9(2)6-12(8-14)13-11-4-5-15-10(3)7-11/h9-14H,4-8H2,1-3H3. The summed E-state index contributed by atoms with van der Waals surface area (Å²) in [4.78, 5) is 0. The lowest BCUT2D eigenvalue weighted by molar-refractivity contribution is 0.00906. The van der Waals surface area contributed by atoms with Crippen LogP contribution in [0.1, 0.15) is 40.0 Å². The lowest BCUT2D eigenvalue weighted by atomic mass is 9.99. The minimum atomic E-state index is 0.240. The van der Waals surface area contributed by atoms with E-state index in [1.807, 2.05) is 0 Å². The SMILES string of the molecule is CC(C)CC(CO)NC1CCOC(C)C1. The fourth-order valence-corrected chi connectivity index (χ4v) is 2.25. The van der Waals surface area contributed by atoms with Crippen molar-refractivity contribution in [3.63, 3.8) is 0 Å². The van der Waals surface area contributed by atoms with Crippen molar-refractivity contribution < 1.29 is 9.84 Å². The number of aliphatic hydroxyl groups is 1. The third-order valence-electron chi connectivity index (χ3n) is 2.93. The summed E-state index contributed by atoms with van der Waals surface area (Å²) in [6.45, 7) is 7.58. The zero-order chi connectivity index (χ0) is 11.3. The summed E-state index contributed by atoms with van der Waals surface area (Å²) < 4.78 is 5.50. The van der Waals surface area contributed by atoms with Crippen LogP contribution in [0.15, 0.2) is 0 Å². The molecule has 1 aliphatic rings. The largest absolute Gasteiger partial charge is 0.395 e. The molecule has 2 N–H and O–H groups in total. The Morgan fingerprint density at radius 2 is 2.20 bits per heavy atom. The van der Waals surface area contributed by atoms with E-state index in [2.05, 4.69) is 26.1 Å². The third kappa shape index (κ3) is 4.96. The number of nitrogens with one attached hydrogen (secondary N) is 1. The van der Waals surface area contributed by atoms with Crippen molar-refractivity contribution in [2.24, 2.45) is 5.92 Å². The molecule has 0 aromatic heterocycles. The molecule has 15 heavy (non-hydrogen) atoms. The smallest absolute Gasteiger partial charge is 0.0584 e. The Balaban J connectivity index is 2.30. The molecule has 90 valence electrons. The van der Waals surface area contributed by atoms with Crippen LogP contribution >= 0.6 is 0 Å². The van der Waals surface area contributed by atoms with Crippen molar-refractivity contribution >= 4 is 0 Å². The van der Waals surface area contributed by atoms with Gasteiger partial charge in [-0.15, -0.1) is 0 Å². The van der Waals surface area contributed by atoms with E-state index in [-0.39, 0.29) is 12.6 Å². The second kappa shape index (κ2) is 6.46. The summed E-state index contributed by atoms with van der Waals surface area (Å²) in [5.41, 5.74) is 0. The predicted molar refractivity (Wildman–Crippen MR) is 61.9 cm³/mol. The first-order valence-electron chi connectivity index (χ1n) is 6.10. The average molecular weight is 215 g/mol. The predicted octanol–water partition coefficient (Wildman–Crippen LogP) is 1.55. The van der Waals surface area contributed by atoms with Gasteiger partial charge in [0, 0.05) is 18.7 Å². The molecule has 0 saturated carbocycles. The average Bonchev–Trinajstić information content (AvgIpc) is 2.16. The Morgan fingerprint density at radius 3 is 2.73 bits per heavy atom. The van der Waals surface area contributed by atoms with E-state index in [0.717, 1.165) is 25.9 Å². The Kier molecular flexibility index (Phi) is 5.58. The molecule has 0 aliphatic carbocycles. The van der Waals surface area contributed by atoms with E-state index >= 15 is 0 Å². The van der Waals surface area contributed by atoms with Crippen LogP contribution in [0.25, 0.3) is 0 Å². The maximum Gasteiger partial charge on any atom is 0.0584 e. The molecule has 1 rings (SSSR count). The van der Waals surface area contributed by atoms with Crippen LogP contribution in [0.5, 0.6) is 0 Å². The summed E-state index contributed by atoms with van der Waals surface area (Å²) in [5, 5.41) is 12.8. The number of ether oxygens (including phenoxy) is 1. The van der Waals surface area contributed by atoms with E-state index in [9.17, 15) is 5.11 Å². The topological polar surface area (TPSA) is 41.5 Å². The maximum absolute atomic E-state index is 9.28. The maximum atomic E-state index is 9.28. The van der Waals surface area contributed by atoms with E-state index in [4.69, 9.17) is 4.74 Å². The number of rotatable bonds is 5. The molecule has 0 spiro atoms. The molecule has 3 heteroatoms. The van der Waals surface area contributed by atoms with E-state index in [1.54, 1.807) is 0 Å². The normalized spacial score (nSPS) is 29.4.